The first kappa shape index (κ1) is 15.7. The number of likely N-dealkylation sites (tertiary alicyclic amines) is 1. The van der Waals surface area contributed by atoms with Gasteiger partial charge in [-0.1, -0.05) is 0 Å². The largest absolute Gasteiger partial charge is 0.354 e. The summed E-state index contributed by atoms with van der Waals surface area (Å²) in [7, 11) is 0. The fraction of sp³-hybridized carbons (Fsp3) is 0.667. The molecular weight excluding hydrogens is 268 g/mol. The van der Waals surface area contributed by atoms with Crippen molar-refractivity contribution in [3.05, 3.63) is 27.9 Å². The van der Waals surface area contributed by atoms with Crippen LogP contribution in [0.4, 0.5) is 0 Å². The second-order valence-corrected chi connectivity index (χ2v) is 6.09. The van der Waals surface area contributed by atoms with Crippen molar-refractivity contribution in [2.24, 2.45) is 0 Å². The Morgan fingerprint density at radius 1 is 1.43 bits per heavy atom. The Kier molecular flexibility index (Phi) is 4.77. The minimum absolute atomic E-state index is 0.0272. The van der Waals surface area contributed by atoms with Crippen molar-refractivity contribution in [3.8, 4) is 0 Å². The zero-order chi connectivity index (χ0) is 15.5. The standard InChI is InChI=1S/C15H24N4O2/c1-11-10-13(20)18-12(17-11)6-7-16-14(21)15(2,3)19-8-4-5-9-19/h10H,4-9H2,1-3H3,(H,16,21)(H,17,18,20). The van der Waals surface area contributed by atoms with Gasteiger partial charge in [0.25, 0.3) is 5.56 Å². The summed E-state index contributed by atoms with van der Waals surface area (Å²) in [5.41, 5.74) is 0.0583. The van der Waals surface area contributed by atoms with Crippen LogP contribution in [-0.2, 0) is 11.2 Å². The van der Waals surface area contributed by atoms with Gasteiger partial charge in [-0.05, 0) is 46.7 Å². The molecule has 0 bridgehead atoms. The van der Waals surface area contributed by atoms with Crippen LogP contribution >= 0.6 is 0 Å². The lowest BCUT2D eigenvalue weighted by atomic mass is 10.0. The van der Waals surface area contributed by atoms with E-state index in [-0.39, 0.29) is 11.5 Å². The summed E-state index contributed by atoms with van der Waals surface area (Å²) in [6, 6.07) is 1.46. The number of rotatable bonds is 5. The zero-order valence-electron chi connectivity index (χ0n) is 13.0. The lowest BCUT2D eigenvalue weighted by Crippen LogP contribution is -2.54. The van der Waals surface area contributed by atoms with Crippen LogP contribution in [0.3, 0.4) is 0 Å². The van der Waals surface area contributed by atoms with Gasteiger partial charge >= 0.3 is 0 Å². The van der Waals surface area contributed by atoms with Gasteiger partial charge in [0, 0.05) is 24.7 Å². The van der Waals surface area contributed by atoms with E-state index in [2.05, 4.69) is 20.2 Å². The van der Waals surface area contributed by atoms with E-state index in [1.54, 1.807) is 6.92 Å². The molecule has 0 radical (unpaired) electrons. The third kappa shape index (κ3) is 3.91. The Balaban J connectivity index is 1.87. The molecule has 0 aromatic carbocycles. The van der Waals surface area contributed by atoms with Gasteiger partial charge in [-0.15, -0.1) is 0 Å². The molecule has 6 heteroatoms. The summed E-state index contributed by atoms with van der Waals surface area (Å²) in [4.78, 5) is 32.8. The van der Waals surface area contributed by atoms with Crippen molar-refractivity contribution < 1.29 is 4.79 Å². The van der Waals surface area contributed by atoms with Crippen molar-refractivity contribution in [2.75, 3.05) is 19.6 Å². The molecular formula is C15H24N4O2. The highest BCUT2D eigenvalue weighted by Gasteiger charge is 2.35. The highest BCUT2D eigenvalue weighted by molar-refractivity contribution is 5.85. The highest BCUT2D eigenvalue weighted by Crippen LogP contribution is 2.20. The van der Waals surface area contributed by atoms with E-state index in [0.29, 0.717) is 24.5 Å². The van der Waals surface area contributed by atoms with Gasteiger partial charge in [0.05, 0.1) is 5.54 Å². The monoisotopic (exact) mass is 292 g/mol. The van der Waals surface area contributed by atoms with Gasteiger partial charge in [-0.2, -0.15) is 0 Å². The summed E-state index contributed by atoms with van der Waals surface area (Å²) in [5, 5.41) is 2.94. The third-order valence-electron chi connectivity index (χ3n) is 4.02. The second kappa shape index (κ2) is 6.39. The lowest BCUT2D eigenvalue weighted by molar-refractivity contribution is -0.131. The number of aromatic amines is 1. The van der Waals surface area contributed by atoms with E-state index in [4.69, 9.17) is 0 Å². The third-order valence-corrected chi connectivity index (χ3v) is 4.02. The maximum Gasteiger partial charge on any atom is 0.251 e. The van der Waals surface area contributed by atoms with Crippen LogP contribution < -0.4 is 10.9 Å². The van der Waals surface area contributed by atoms with Crippen LogP contribution in [0.5, 0.6) is 0 Å². The number of amides is 1. The van der Waals surface area contributed by atoms with Crippen LogP contribution in [0.1, 0.15) is 38.2 Å². The summed E-state index contributed by atoms with van der Waals surface area (Å²) in [6.07, 6.45) is 2.84. The SMILES string of the molecule is Cc1cc(=O)[nH]c(CCNC(=O)C(C)(C)N2CCCC2)n1. The van der Waals surface area contributed by atoms with Crippen molar-refractivity contribution in [1.29, 1.82) is 0 Å². The maximum absolute atomic E-state index is 12.3. The Hall–Kier alpha value is -1.69. The Labute approximate surface area is 125 Å². The van der Waals surface area contributed by atoms with Crippen LogP contribution in [0, 0.1) is 6.92 Å². The van der Waals surface area contributed by atoms with Gasteiger partial charge < -0.3 is 10.3 Å². The normalized spacial score (nSPS) is 16.1. The summed E-state index contributed by atoms with van der Waals surface area (Å²) < 4.78 is 0. The van der Waals surface area contributed by atoms with Crippen molar-refractivity contribution in [1.82, 2.24) is 20.2 Å². The molecule has 1 fully saturated rings. The first-order chi connectivity index (χ1) is 9.89. The van der Waals surface area contributed by atoms with Gasteiger partial charge in [-0.3, -0.25) is 14.5 Å². The number of H-pyrrole nitrogens is 1. The Bertz CT molecular complexity index is 559. The van der Waals surface area contributed by atoms with Gasteiger partial charge in [0.2, 0.25) is 5.91 Å². The average molecular weight is 292 g/mol. The van der Waals surface area contributed by atoms with E-state index in [1.807, 2.05) is 13.8 Å². The number of nitrogens with zero attached hydrogens (tertiary/aromatic N) is 2. The molecule has 6 nitrogen and oxygen atoms in total. The Morgan fingerprint density at radius 2 is 2.10 bits per heavy atom. The molecule has 0 saturated carbocycles. The van der Waals surface area contributed by atoms with E-state index in [0.717, 1.165) is 25.9 Å². The number of hydrogen-bond donors (Lipinski definition) is 2. The molecule has 116 valence electrons. The van der Waals surface area contributed by atoms with Crippen molar-refractivity contribution >= 4 is 5.91 Å². The fourth-order valence-electron chi connectivity index (χ4n) is 2.69. The molecule has 21 heavy (non-hydrogen) atoms. The summed E-state index contributed by atoms with van der Waals surface area (Å²) in [5.74, 6) is 0.638. The molecule has 1 aliphatic heterocycles. The summed E-state index contributed by atoms with van der Waals surface area (Å²) >= 11 is 0. The van der Waals surface area contributed by atoms with Crippen LogP contribution in [0.25, 0.3) is 0 Å². The number of nitrogens with one attached hydrogen (secondary N) is 2. The zero-order valence-corrected chi connectivity index (χ0v) is 13.0. The van der Waals surface area contributed by atoms with E-state index < -0.39 is 5.54 Å². The molecule has 0 spiro atoms. The number of aromatic nitrogens is 2. The molecule has 2 rings (SSSR count). The first-order valence-corrected chi connectivity index (χ1v) is 7.50. The first-order valence-electron chi connectivity index (χ1n) is 7.50. The number of carbonyl (C=O) groups is 1. The number of aryl methyl sites for hydroxylation is 1. The van der Waals surface area contributed by atoms with Crippen molar-refractivity contribution in [3.63, 3.8) is 0 Å². The van der Waals surface area contributed by atoms with Gasteiger partial charge in [0.15, 0.2) is 0 Å². The number of carbonyl (C=O) groups excluding carboxylic acids is 1. The molecule has 0 atom stereocenters. The second-order valence-electron chi connectivity index (χ2n) is 6.09. The van der Waals surface area contributed by atoms with Crippen LogP contribution in [0.2, 0.25) is 0 Å². The Morgan fingerprint density at radius 3 is 2.71 bits per heavy atom. The molecule has 2 N–H and O–H groups in total. The predicted molar refractivity (Wildman–Crippen MR) is 81.2 cm³/mol. The van der Waals surface area contributed by atoms with Crippen LogP contribution in [-0.4, -0.2) is 45.9 Å². The molecule has 1 aromatic heterocycles. The van der Waals surface area contributed by atoms with E-state index >= 15 is 0 Å². The smallest absolute Gasteiger partial charge is 0.251 e. The molecule has 2 heterocycles. The molecule has 1 saturated heterocycles. The molecule has 1 aliphatic rings. The van der Waals surface area contributed by atoms with Gasteiger partial charge in [0.1, 0.15) is 5.82 Å². The van der Waals surface area contributed by atoms with Crippen LogP contribution in [0.15, 0.2) is 10.9 Å². The van der Waals surface area contributed by atoms with E-state index in [9.17, 15) is 9.59 Å². The molecule has 0 aliphatic carbocycles. The molecule has 1 aromatic rings. The maximum atomic E-state index is 12.3. The molecule has 0 unspecified atom stereocenters. The highest BCUT2D eigenvalue weighted by atomic mass is 16.2. The quantitative estimate of drug-likeness (QED) is 0.833. The van der Waals surface area contributed by atoms with Crippen molar-refractivity contribution in [2.45, 2.75) is 45.6 Å². The van der Waals surface area contributed by atoms with E-state index in [1.165, 1.54) is 6.07 Å². The minimum Gasteiger partial charge on any atom is -0.354 e. The summed E-state index contributed by atoms with van der Waals surface area (Å²) in [6.45, 7) is 8.14. The predicted octanol–water partition coefficient (Wildman–Crippen LogP) is 0.611. The lowest BCUT2D eigenvalue weighted by Gasteiger charge is -2.33. The number of hydrogen-bond acceptors (Lipinski definition) is 4. The topological polar surface area (TPSA) is 78.1 Å². The van der Waals surface area contributed by atoms with Gasteiger partial charge in [-0.25, -0.2) is 4.98 Å². The molecule has 1 amide bonds. The average Bonchev–Trinajstić information content (AvgIpc) is 2.91. The fourth-order valence-corrected chi connectivity index (χ4v) is 2.69. The minimum atomic E-state index is -0.482.